The molecule has 0 bridgehead atoms. The first-order chi connectivity index (χ1) is 11.9. The summed E-state index contributed by atoms with van der Waals surface area (Å²) in [6, 6.07) is 5.58. The van der Waals surface area contributed by atoms with Crippen molar-refractivity contribution < 1.29 is 19.4 Å². The predicted octanol–water partition coefficient (Wildman–Crippen LogP) is 2.49. The quantitative estimate of drug-likeness (QED) is 0.876. The van der Waals surface area contributed by atoms with Crippen LogP contribution < -0.4 is 0 Å². The van der Waals surface area contributed by atoms with Crippen LogP contribution in [0.5, 0.6) is 0 Å². The number of carboxylic acid groups (broad SMARTS) is 1. The normalized spacial score (nSPS) is 20.0. The number of halogens is 2. The van der Waals surface area contributed by atoms with Crippen molar-refractivity contribution in [3.63, 3.8) is 0 Å². The number of aliphatic carboxylic acids is 1. The number of benzene rings is 1. The van der Waals surface area contributed by atoms with E-state index in [1.54, 1.807) is 24.4 Å². The molecule has 1 aromatic heterocycles. The largest absolute Gasteiger partial charge is 0.480 e. The zero-order valence-electron chi connectivity index (χ0n) is 13.2. The van der Waals surface area contributed by atoms with Crippen molar-refractivity contribution in [3.05, 3.63) is 46.2 Å². The van der Waals surface area contributed by atoms with Crippen molar-refractivity contribution in [2.24, 2.45) is 0 Å². The summed E-state index contributed by atoms with van der Waals surface area (Å²) in [7, 11) is 1.50. The van der Waals surface area contributed by atoms with E-state index in [0.717, 1.165) is 0 Å². The number of carbonyl (C=O) groups excluding carboxylic acids is 1. The Morgan fingerprint density at radius 3 is 2.68 bits per heavy atom. The van der Waals surface area contributed by atoms with E-state index in [1.165, 1.54) is 22.8 Å². The Morgan fingerprint density at radius 2 is 2.04 bits per heavy atom. The molecule has 3 rings (SSSR count). The number of ether oxygens (including phenoxy) is 1. The van der Waals surface area contributed by atoms with Gasteiger partial charge in [-0.05, 0) is 24.3 Å². The smallest absolute Gasteiger partial charge is 0.326 e. The molecule has 7 nitrogen and oxygen atoms in total. The molecule has 1 aliphatic heterocycles. The van der Waals surface area contributed by atoms with E-state index in [9.17, 15) is 14.7 Å². The standard InChI is InChI=1S/C16H15Cl2N3O4/c1-25-10-7-14(16(23)24)20(8-10)15(22)13-4-5-21(19-13)9-2-3-11(17)12(18)6-9/h2-6,10,14H,7-8H2,1H3,(H,23,24). The molecule has 2 aromatic rings. The van der Waals surface area contributed by atoms with Gasteiger partial charge in [0.1, 0.15) is 6.04 Å². The van der Waals surface area contributed by atoms with Crippen LogP contribution in [0.2, 0.25) is 10.0 Å². The van der Waals surface area contributed by atoms with E-state index >= 15 is 0 Å². The molecular weight excluding hydrogens is 369 g/mol. The second kappa shape index (κ2) is 7.03. The Morgan fingerprint density at radius 1 is 1.28 bits per heavy atom. The summed E-state index contributed by atoms with van der Waals surface area (Å²) < 4.78 is 6.68. The molecule has 2 atom stereocenters. The van der Waals surface area contributed by atoms with Crippen molar-refractivity contribution in [1.29, 1.82) is 0 Å². The molecule has 2 unspecified atom stereocenters. The van der Waals surface area contributed by atoms with Crippen LogP contribution in [-0.4, -0.2) is 57.5 Å². The topological polar surface area (TPSA) is 84.7 Å². The minimum atomic E-state index is -1.06. The summed E-state index contributed by atoms with van der Waals surface area (Å²) in [5.41, 5.74) is 0.786. The third-order valence-corrected chi connectivity index (χ3v) is 4.86. The fourth-order valence-corrected chi connectivity index (χ4v) is 3.08. The van der Waals surface area contributed by atoms with Gasteiger partial charge < -0.3 is 14.7 Å². The molecule has 0 radical (unpaired) electrons. The van der Waals surface area contributed by atoms with Crippen LogP contribution in [-0.2, 0) is 9.53 Å². The molecule has 0 spiro atoms. The Labute approximate surface area is 153 Å². The lowest BCUT2D eigenvalue weighted by molar-refractivity contribution is -0.141. The van der Waals surface area contributed by atoms with Crippen LogP contribution in [0.4, 0.5) is 0 Å². The number of carbonyl (C=O) groups is 2. The van der Waals surface area contributed by atoms with E-state index < -0.39 is 17.9 Å². The van der Waals surface area contributed by atoms with E-state index in [-0.39, 0.29) is 24.8 Å². The minimum Gasteiger partial charge on any atom is -0.480 e. The number of carboxylic acids is 1. The maximum Gasteiger partial charge on any atom is 0.326 e. The molecule has 1 aromatic carbocycles. The highest BCUT2D eigenvalue weighted by Crippen LogP contribution is 2.25. The highest BCUT2D eigenvalue weighted by atomic mass is 35.5. The number of likely N-dealkylation sites (tertiary alicyclic amines) is 1. The molecule has 9 heteroatoms. The van der Waals surface area contributed by atoms with Crippen LogP contribution >= 0.6 is 23.2 Å². The van der Waals surface area contributed by atoms with Gasteiger partial charge >= 0.3 is 5.97 Å². The molecule has 1 amide bonds. The van der Waals surface area contributed by atoms with Gasteiger partial charge in [0.2, 0.25) is 0 Å². The molecule has 1 aliphatic rings. The molecule has 25 heavy (non-hydrogen) atoms. The second-order valence-corrected chi connectivity index (χ2v) is 6.46. The Balaban J connectivity index is 1.85. The van der Waals surface area contributed by atoms with Gasteiger partial charge in [0.25, 0.3) is 5.91 Å². The third kappa shape index (κ3) is 3.49. The van der Waals surface area contributed by atoms with Crippen LogP contribution in [0.3, 0.4) is 0 Å². The number of aromatic nitrogens is 2. The lowest BCUT2D eigenvalue weighted by atomic mass is 10.2. The first kappa shape index (κ1) is 17.7. The molecule has 1 fully saturated rings. The Hall–Kier alpha value is -2.09. The van der Waals surface area contributed by atoms with Gasteiger partial charge in [0.15, 0.2) is 5.69 Å². The lowest BCUT2D eigenvalue weighted by Gasteiger charge is -2.19. The van der Waals surface area contributed by atoms with Crippen LogP contribution in [0, 0.1) is 0 Å². The molecule has 1 N–H and O–H groups in total. The Bertz CT molecular complexity index is 823. The van der Waals surface area contributed by atoms with Crippen molar-refractivity contribution >= 4 is 35.1 Å². The number of nitrogens with zero attached hydrogens (tertiary/aromatic N) is 3. The van der Waals surface area contributed by atoms with Gasteiger partial charge in [0, 0.05) is 26.3 Å². The third-order valence-electron chi connectivity index (χ3n) is 4.12. The number of rotatable bonds is 4. The van der Waals surface area contributed by atoms with Crippen molar-refractivity contribution in [3.8, 4) is 5.69 Å². The van der Waals surface area contributed by atoms with E-state index in [1.807, 2.05) is 0 Å². The maximum atomic E-state index is 12.7. The SMILES string of the molecule is COC1CC(C(=O)O)N(C(=O)c2ccn(-c3ccc(Cl)c(Cl)c3)n2)C1. The minimum absolute atomic E-state index is 0.147. The van der Waals surface area contributed by atoms with E-state index in [2.05, 4.69) is 5.10 Å². The lowest BCUT2D eigenvalue weighted by Crippen LogP contribution is -2.40. The summed E-state index contributed by atoms with van der Waals surface area (Å²) in [4.78, 5) is 25.4. The monoisotopic (exact) mass is 383 g/mol. The summed E-state index contributed by atoms with van der Waals surface area (Å²) in [5, 5.41) is 14.3. The molecule has 1 saturated heterocycles. The number of hydrogen-bond donors (Lipinski definition) is 1. The fourth-order valence-electron chi connectivity index (χ4n) is 2.78. The highest BCUT2D eigenvalue weighted by molar-refractivity contribution is 6.42. The van der Waals surface area contributed by atoms with E-state index in [4.69, 9.17) is 27.9 Å². The molecule has 0 aliphatic carbocycles. The summed E-state index contributed by atoms with van der Waals surface area (Å²) in [6.07, 6.45) is 1.56. The van der Waals surface area contributed by atoms with Gasteiger partial charge in [-0.1, -0.05) is 23.2 Å². The summed E-state index contributed by atoms with van der Waals surface area (Å²) in [6.45, 7) is 0.214. The van der Waals surface area contributed by atoms with Gasteiger partial charge in [-0.25, -0.2) is 9.48 Å². The van der Waals surface area contributed by atoms with Gasteiger partial charge in [-0.3, -0.25) is 4.79 Å². The average molecular weight is 384 g/mol. The molecule has 132 valence electrons. The fraction of sp³-hybridized carbons (Fsp3) is 0.312. The average Bonchev–Trinajstić information content (AvgIpc) is 3.23. The van der Waals surface area contributed by atoms with Crippen LogP contribution in [0.1, 0.15) is 16.9 Å². The Kier molecular flexibility index (Phi) is 4.99. The second-order valence-electron chi connectivity index (χ2n) is 5.65. The van der Waals surface area contributed by atoms with Gasteiger partial charge in [0.05, 0.1) is 21.8 Å². The van der Waals surface area contributed by atoms with Crippen LogP contribution in [0.15, 0.2) is 30.5 Å². The number of amides is 1. The first-order valence-corrected chi connectivity index (χ1v) is 8.24. The number of methoxy groups -OCH3 is 1. The van der Waals surface area contributed by atoms with Gasteiger partial charge in [-0.15, -0.1) is 0 Å². The molecular formula is C16H15Cl2N3O4. The first-order valence-electron chi connectivity index (χ1n) is 7.48. The van der Waals surface area contributed by atoms with Crippen molar-refractivity contribution in [1.82, 2.24) is 14.7 Å². The summed E-state index contributed by atoms with van der Waals surface area (Å²) in [5.74, 6) is -1.51. The van der Waals surface area contributed by atoms with Crippen molar-refractivity contribution in [2.45, 2.75) is 18.6 Å². The highest BCUT2D eigenvalue weighted by Gasteiger charge is 2.40. The van der Waals surface area contributed by atoms with Crippen molar-refractivity contribution in [2.75, 3.05) is 13.7 Å². The predicted molar refractivity (Wildman–Crippen MR) is 91.5 cm³/mol. The molecule has 0 saturated carbocycles. The summed E-state index contributed by atoms with van der Waals surface area (Å²) >= 11 is 11.9. The zero-order valence-corrected chi connectivity index (χ0v) is 14.7. The number of hydrogen-bond acceptors (Lipinski definition) is 4. The van der Waals surface area contributed by atoms with Gasteiger partial charge in [-0.2, -0.15) is 5.10 Å². The molecule has 2 heterocycles. The van der Waals surface area contributed by atoms with E-state index in [0.29, 0.717) is 15.7 Å². The zero-order chi connectivity index (χ0) is 18.1. The van der Waals surface area contributed by atoms with Crippen LogP contribution in [0.25, 0.3) is 5.69 Å². The maximum absolute atomic E-state index is 12.7.